The SMILES string of the molecule is Cc1ccc(C(=O)COC(=O)/C=C/c2nc3ccccc3o2)s1. The first kappa shape index (κ1) is 15.2. The number of aromatic nitrogens is 1. The van der Waals surface area contributed by atoms with Gasteiger partial charge < -0.3 is 9.15 Å². The smallest absolute Gasteiger partial charge is 0.331 e. The van der Waals surface area contributed by atoms with Crippen molar-refractivity contribution in [2.24, 2.45) is 0 Å². The Labute approximate surface area is 136 Å². The molecule has 5 nitrogen and oxygen atoms in total. The van der Waals surface area contributed by atoms with Crippen LogP contribution in [0.4, 0.5) is 0 Å². The Morgan fingerprint density at radius 3 is 2.83 bits per heavy atom. The molecule has 2 aromatic heterocycles. The number of Topliss-reactive ketones (excluding diaryl/α,β-unsaturated/α-hetero) is 1. The fourth-order valence-corrected chi connectivity index (χ4v) is 2.73. The number of aryl methyl sites for hydroxylation is 1. The Balaban J connectivity index is 1.57. The number of rotatable bonds is 5. The van der Waals surface area contributed by atoms with E-state index >= 15 is 0 Å². The summed E-state index contributed by atoms with van der Waals surface area (Å²) in [6.45, 7) is 1.63. The van der Waals surface area contributed by atoms with Gasteiger partial charge in [-0.3, -0.25) is 4.79 Å². The van der Waals surface area contributed by atoms with E-state index in [9.17, 15) is 9.59 Å². The Morgan fingerprint density at radius 2 is 2.09 bits per heavy atom. The second-order valence-corrected chi connectivity index (χ2v) is 6.08. The van der Waals surface area contributed by atoms with Gasteiger partial charge in [-0.1, -0.05) is 12.1 Å². The van der Waals surface area contributed by atoms with Gasteiger partial charge in [0.2, 0.25) is 11.7 Å². The summed E-state index contributed by atoms with van der Waals surface area (Å²) in [4.78, 5) is 29.3. The number of carbonyl (C=O) groups is 2. The van der Waals surface area contributed by atoms with Gasteiger partial charge in [-0.05, 0) is 31.2 Å². The molecule has 0 bridgehead atoms. The molecule has 0 aliphatic heterocycles. The molecule has 0 N–H and O–H groups in total. The van der Waals surface area contributed by atoms with Gasteiger partial charge in [-0.15, -0.1) is 11.3 Å². The second-order valence-electron chi connectivity index (χ2n) is 4.79. The molecule has 0 aliphatic rings. The van der Waals surface area contributed by atoms with E-state index in [2.05, 4.69) is 4.98 Å². The molecule has 3 rings (SSSR count). The number of oxazole rings is 1. The lowest BCUT2D eigenvalue weighted by Crippen LogP contribution is -2.11. The molecule has 0 aliphatic carbocycles. The number of fused-ring (bicyclic) bond motifs is 1. The Hall–Kier alpha value is -2.73. The van der Waals surface area contributed by atoms with Crippen LogP contribution in [0.15, 0.2) is 46.9 Å². The van der Waals surface area contributed by atoms with Gasteiger partial charge in [-0.25, -0.2) is 9.78 Å². The number of ketones is 1. The minimum Gasteiger partial charge on any atom is -0.454 e. The zero-order chi connectivity index (χ0) is 16.2. The molecule has 1 aromatic carbocycles. The molecular weight excluding hydrogens is 314 g/mol. The fraction of sp³-hybridized carbons (Fsp3) is 0.118. The first-order chi connectivity index (χ1) is 11.1. The van der Waals surface area contributed by atoms with Gasteiger partial charge >= 0.3 is 5.97 Å². The van der Waals surface area contributed by atoms with E-state index in [0.717, 1.165) is 4.88 Å². The first-order valence-corrected chi connectivity index (χ1v) is 7.73. The van der Waals surface area contributed by atoms with Crippen molar-refractivity contribution in [3.63, 3.8) is 0 Å². The van der Waals surface area contributed by atoms with E-state index in [1.54, 1.807) is 12.1 Å². The van der Waals surface area contributed by atoms with Crippen LogP contribution in [0, 0.1) is 6.92 Å². The first-order valence-electron chi connectivity index (χ1n) is 6.92. The average Bonchev–Trinajstić information content (AvgIpc) is 3.16. The lowest BCUT2D eigenvalue weighted by Gasteiger charge is -1.98. The zero-order valence-corrected chi connectivity index (χ0v) is 13.1. The number of hydrogen-bond donors (Lipinski definition) is 0. The second kappa shape index (κ2) is 6.58. The highest BCUT2D eigenvalue weighted by Gasteiger charge is 2.10. The van der Waals surface area contributed by atoms with E-state index in [1.165, 1.54) is 23.5 Å². The largest absolute Gasteiger partial charge is 0.454 e. The molecule has 0 fully saturated rings. The molecule has 3 aromatic rings. The number of thiophene rings is 1. The van der Waals surface area contributed by atoms with Crippen molar-refractivity contribution in [2.75, 3.05) is 6.61 Å². The van der Waals surface area contributed by atoms with Crippen molar-refractivity contribution in [1.82, 2.24) is 4.98 Å². The third-order valence-electron chi connectivity index (χ3n) is 3.03. The van der Waals surface area contributed by atoms with Gasteiger partial charge in [0.05, 0.1) is 4.88 Å². The standard InChI is InChI=1S/C17H13NO4S/c1-11-6-7-15(23-11)13(19)10-21-17(20)9-8-16-18-12-4-2-3-5-14(12)22-16/h2-9H,10H2,1H3/b9-8+. The number of para-hydroxylation sites is 2. The highest BCUT2D eigenvalue weighted by molar-refractivity contribution is 7.14. The van der Waals surface area contributed by atoms with Crippen molar-refractivity contribution >= 4 is 40.3 Å². The molecule has 0 saturated carbocycles. The van der Waals surface area contributed by atoms with Gasteiger partial charge in [0.25, 0.3) is 0 Å². The summed E-state index contributed by atoms with van der Waals surface area (Å²) >= 11 is 1.38. The van der Waals surface area contributed by atoms with E-state index in [1.807, 2.05) is 31.2 Å². The van der Waals surface area contributed by atoms with Crippen molar-refractivity contribution in [2.45, 2.75) is 6.92 Å². The van der Waals surface area contributed by atoms with Crippen molar-refractivity contribution in [3.8, 4) is 0 Å². The Morgan fingerprint density at radius 1 is 1.26 bits per heavy atom. The van der Waals surface area contributed by atoms with Crippen LogP contribution >= 0.6 is 11.3 Å². The van der Waals surface area contributed by atoms with E-state index in [-0.39, 0.29) is 12.4 Å². The van der Waals surface area contributed by atoms with Crippen LogP contribution in [-0.4, -0.2) is 23.3 Å². The molecule has 0 saturated heterocycles. The van der Waals surface area contributed by atoms with Crippen LogP contribution in [0.2, 0.25) is 0 Å². The number of hydrogen-bond acceptors (Lipinski definition) is 6. The predicted molar refractivity (Wildman–Crippen MR) is 87.4 cm³/mol. The summed E-state index contributed by atoms with van der Waals surface area (Å²) in [7, 11) is 0. The van der Waals surface area contributed by atoms with Crippen molar-refractivity contribution in [3.05, 3.63) is 58.1 Å². The maximum absolute atomic E-state index is 11.8. The van der Waals surface area contributed by atoms with Gasteiger partial charge in [0.1, 0.15) is 5.52 Å². The predicted octanol–water partition coefficient (Wildman–Crippen LogP) is 3.64. The summed E-state index contributed by atoms with van der Waals surface area (Å²) in [5.74, 6) is -0.524. The van der Waals surface area contributed by atoms with Crippen molar-refractivity contribution < 1.29 is 18.7 Å². The number of esters is 1. The summed E-state index contributed by atoms with van der Waals surface area (Å²) in [5.41, 5.74) is 1.35. The number of ether oxygens (including phenoxy) is 1. The van der Waals surface area contributed by atoms with Crippen LogP contribution in [0.3, 0.4) is 0 Å². The quantitative estimate of drug-likeness (QED) is 0.406. The summed E-state index contributed by atoms with van der Waals surface area (Å²) in [6.07, 6.45) is 2.61. The molecular formula is C17H13NO4S. The fourth-order valence-electron chi connectivity index (χ4n) is 1.94. The lowest BCUT2D eigenvalue weighted by atomic mass is 10.3. The Kier molecular flexibility index (Phi) is 4.34. The van der Waals surface area contributed by atoms with Gasteiger partial charge in [0, 0.05) is 17.0 Å². The number of carbonyl (C=O) groups excluding carboxylic acids is 2. The molecule has 0 unspecified atom stereocenters. The van der Waals surface area contributed by atoms with Crippen molar-refractivity contribution in [1.29, 1.82) is 0 Å². The highest BCUT2D eigenvalue weighted by Crippen LogP contribution is 2.16. The maximum atomic E-state index is 11.8. The van der Waals surface area contributed by atoms with Gasteiger partial charge in [-0.2, -0.15) is 0 Å². The molecule has 0 radical (unpaired) electrons. The monoisotopic (exact) mass is 327 g/mol. The van der Waals surface area contributed by atoms with E-state index in [4.69, 9.17) is 9.15 Å². The maximum Gasteiger partial charge on any atom is 0.331 e. The van der Waals surface area contributed by atoms with Crippen LogP contribution in [-0.2, 0) is 9.53 Å². The molecule has 0 spiro atoms. The summed E-state index contributed by atoms with van der Waals surface area (Å²) in [5, 5.41) is 0. The van der Waals surface area contributed by atoms with Crippen LogP contribution in [0.5, 0.6) is 0 Å². The van der Waals surface area contributed by atoms with E-state index < -0.39 is 5.97 Å². The zero-order valence-electron chi connectivity index (χ0n) is 12.3. The van der Waals surface area contributed by atoms with Gasteiger partial charge in [0.15, 0.2) is 12.2 Å². The summed E-state index contributed by atoms with van der Waals surface area (Å²) in [6, 6.07) is 10.9. The topological polar surface area (TPSA) is 69.4 Å². The number of nitrogens with zero attached hydrogens (tertiary/aromatic N) is 1. The normalized spacial score (nSPS) is 11.2. The molecule has 116 valence electrons. The summed E-state index contributed by atoms with van der Waals surface area (Å²) < 4.78 is 10.4. The van der Waals surface area contributed by atoms with E-state index in [0.29, 0.717) is 21.9 Å². The van der Waals surface area contributed by atoms with Crippen LogP contribution in [0.25, 0.3) is 17.2 Å². The molecule has 23 heavy (non-hydrogen) atoms. The molecule has 2 heterocycles. The number of benzene rings is 1. The average molecular weight is 327 g/mol. The third-order valence-corrected chi connectivity index (χ3v) is 4.07. The molecule has 0 atom stereocenters. The van der Waals surface area contributed by atoms with Crippen LogP contribution in [0.1, 0.15) is 20.4 Å². The minimum absolute atomic E-state index is 0.216. The molecule has 6 heteroatoms. The lowest BCUT2D eigenvalue weighted by molar-refractivity contribution is -0.136. The molecule has 0 amide bonds. The minimum atomic E-state index is -0.617. The third kappa shape index (κ3) is 3.73. The van der Waals surface area contributed by atoms with Crippen LogP contribution < -0.4 is 0 Å². The highest BCUT2D eigenvalue weighted by atomic mass is 32.1. The Bertz CT molecular complexity index is 858.